The van der Waals surface area contributed by atoms with Crippen molar-refractivity contribution in [1.29, 1.82) is 0 Å². The number of nitrogens with zero attached hydrogens (tertiary/aromatic N) is 6. The molecule has 3 aliphatic rings. The minimum absolute atomic E-state index is 0.0621. The summed E-state index contributed by atoms with van der Waals surface area (Å²) in [6, 6.07) is 17.3. The van der Waals surface area contributed by atoms with Crippen molar-refractivity contribution in [1.82, 2.24) is 25.4 Å². The fourth-order valence-corrected chi connectivity index (χ4v) is 7.60. The highest BCUT2D eigenvalue weighted by atomic mass is 16.5. The van der Waals surface area contributed by atoms with E-state index < -0.39 is 0 Å². The van der Waals surface area contributed by atoms with Crippen molar-refractivity contribution in [2.45, 2.75) is 57.5 Å². The lowest BCUT2D eigenvalue weighted by molar-refractivity contribution is -0.126. The number of aromatic nitrogens is 1. The van der Waals surface area contributed by atoms with Gasteiger partial charge in [0.15, 0.2) is 12.1 Å². The predicted octanol–water partition coefficient (Wildman–Crippen LogP) is 5.62. The lowest BCUT2D eigenvalue weighted by Crippen LogP contribution is -2.47. The number of aryl methyl sites for hydroxylation is 2. The van der Waals surface area contributed by atoms with Gasteiger partial charge in [0.05, 0.1) is 12.6 Å². The van der Waals surface area contributed by atoms with Crippen molar-refractivity contribution in [3.8, 4) is 5.75 Å². The molecule has 3 aromatic rings. The molecule has 1 aromatic heterocycles. The van der Waals surface area contributed by atoms with Crippen molar-refractivity contribution in [3.63, 3.8) is 0 Å². The van der Waals surface area contributed by atoms with Crippen LogP contribution >= 0.6 is 0 Å². The lowest BCUT2D eigenvalue weighted by atomic mass is 10.0. The number of piperidine rings is 1. The smallest absolute Gasteiger partial charge is 0.256 e. The topological polar surface area (TPSA) is 144 Å². The van der Waals surface area contributed by atoms with Gasteiger partial charge in [0, 0.05) is 79.4 Å². The highest BCUT2D eigenvalue weighted by Crippen LogP contribution is 2.27. The molecule has 1 unspecified atom stereocenters. The predicted molar refractivity (Wildman–Crippen MR) is 231 cm³/mol. The number of ether oxygens (including phenoxy) is 1. The van der Waals surface area contributed by atoms with E-state index in [4.69, 9.17) is 14.7 Å². The van der Waals surface area contributed by atoms with Gasteiger partial charge in [-0.05, 0) is 107 Å². The number of aliphatic imine (C=N–C) groups is 2. The number of likely N-dealkylation sites (N-methyl/N-ethyl adjacent to an activating group) is 1. The van der Waals surface area contributed by atoms with E-state index in [1.807, 2.05) is 42.3 Å². The van der Waals surface area contributed by atoms with Crippen molar-refractivity contribution >= 4 is 47.8 Å². The number of hydrogen-bond donors (Lipinski definition) is 3. The van der Waals surface area contributed by atoms with Crippen LogP contribution in [0.25, 0.3) is 0 Å². The minimum atomic E-state index is -0.348. The van der Waals surface area contributed by atoms with Crippen LogP contribution < -0.4 is 25.6 Å². The molecule has 6 rings (SSSR count). The largest absolute Gasteiger partial charge is 0.493 e. The number of amides is 2. The van der Waals surface area contributed by atoms with Crippen LogP contribution in [-0.4, -0.2) is 104 Å². The molecule has 58 heavy (non-hydrogen) atoms. The number of piperazine rings is 1. The van der Waals surface area contributed by atoms with Crippen LogP contribution in [0.5, 0.6) is 5.75 Å². The Labute approximate surface area is 341 Å². The van der Waals surface area contributed by atoms with Crippen molar-refractivity contribution in [2.75, 3.05) is 63.1 Å². The van der Waals surface area contributed by atoms with Crippen LogP contribution in [0, 0.1) is 0 Å². The number of carbonyl (C=O) groups excluding carboxylic acids is 3. The van der Waals surface area contributed by atoms with Crippen LogP contribution in [0.15, 0.2) is 101 Å². The molecule has 13 heteroatoms. The molecule has 2 aromatic carbocycles. The normalized spacial score (nSPS) is 17.4. The third-order valence-electron chi connectivity index (χ3n) is 10.8. The molecule has 2 aliphatic heterocycles. The van der Waals surface area contributed by atoms with Crippen LogP contribution in [0.1, 0.15) is 59.3 Å². The number of pyridine rings is 1. The number of allylic oxidation sites excluding steroid dienone is 1. The van der Waals surface area contributed by atoms with Crippen molar-refractivity contribution in [2.24, 2.45) is 9.98 Å². The molecular weight excluding hydrogens is 731 g/mol. The van der Waals surface area contributed by atoms with E-state index >= 15 is 0 Å². The van der Waals surface area contributed by atoms with Gasteiger partial charge in [-0.3, -0.25) is 29.2 Å². The van der Waals surface area contributed by atoms with Gasteiger partial charge in [-0.15, -0.1) is 6.58 Å². The van der Waals surface area contributed by atoms with Crippen LogP contribution in [0.3, 0.4) is 0 Å². The Balaban J connectivity index is 0.992. The zero-order chi connectivity index (χ0) is 40.9. The third kappa shape index (κ3) is 10.9. The molecule has 2 fully saturated rings. The van der Waals surface area contributed by atoms with Crippen LogP contribution in [0.2, 0.25) is 0 Å². The van der Waals surface area contributed by atoms with E-state index in [0.29, 0.717) is 49.1 Å². The second-order valence-electron chi connectivity index (χ2n) is 14.9. The van der Waals surface area contributed by atoms with Gasteiger partial charge in [-0.1, -0.05) is 30.9 Å². The second-order valence-corrected chi connectivity index (χ2v) is 14.9. The summed E-state index contributed by atoms with van der Waals surface area (Å²) in [5.41, 5.74) is 6.56. The number of fused-ring (bicyclic) bond motifs is 1. The standard InChI is InChI=1S/C45H55N9O4/c1-5-22-47-44(56)37(29-46-3)43(51-42-21-15-33-10-8-12-39(33)50-42)49-35-16-18-36(19-17-35)54-26-24-53(25-27-54)23-6-7-28-58-41-13-9-11-34(31-55)38(41)30-52(4)40-20-14-32(2)48-45(40)57/h5,9,11,13,15-19,21,29,31,40H,1-3,6-8,10,12,14,20,22-28,30H2,4H3,(H,47,56)(H,48,57)(H,49,50,51)/b37-29+. The Morgan fingerprint density at radius 1 is 1.07 bits per heavy atom. The highest BCUT2D eigenvalue weighted by molar-refractivity contribution is 6.25. The van der Waals surface area contributed by atoms with Gasteiger partial charge < -0.3 is 25.6 Å². The maximum absolute atomic E-state index is 13.2. The zero-order valence-corrected chi connectivity index (χ0v) is 33.5. The summed E-state index contributed by atoms with van der Waals surface area (Å²) in [5.74, 6) is 1.12. The molecule has 2 amide bonds. The molecule has 304 valence electrons. The van der Waals surface area contributed by atoms with E-state index in [2.05, 4.69) is 68.8 Å². The van der Waals surface area contributed by atoms with E-state index in [9.17, 15) is 14.4 Å². The molecule has 13 nitrogen and oxygen atoms in total. The molecule has 1 atom stereocenters. The van der Waals surface area contributed by atoms with Crippen molar-refractivity contribution < 1.29 is 19.1 Å². The molecule has 3 heterocycles. The van der Waals surface area contributed by atoms with Gasteiger partial charge in [-0.25, -0.2) is 9.98 Å². The highest BCUT2D eigenvalue weighted by Gasteiger charge is 2.29. The fourth-order valence-electron chi connectivity index (χ4n) is 7.60. The van der Waals surface area contributed by atoms with E-state index in [1.165, 1.54) is 11.8 Å². The first-order valence-electron chi connectivity index (χ1n) is 20.1. The molecule has 3 N–H and O–H groups in total. The fraction of sp³-hybridized carbons (Fsp3) is 0.378. The summed E-state index contributed by atoms with van der Waals surface area (Å²) in [5, 5.41) is 9.02. The Bertz CT molecular complexity index is 2040. The minimum Gasteiger partial charge on any atom is -0.493 e. The summed E-state index contributed by atoms with van der Waals surface area (Å²) >= 11 is 0. The summed E-state index contributed by atoms with van der Waals surface area (Å²) in [7, 11) is 1.91. The maximum atomic E-state index is 13.2. The Morgan fingerprint density at radius 2 is 1.88 bits per heavy atom. The molecule has 2 saturated heterocycles. The summed E-state index contributed by atoms with van der Waals surface area (Å²) in [6.45, 7) is 17.1. The van der Waals surface area contributed by atoms with Crippen LogP contribution in [0.4, 0.5) is 17.2 Å². The maximum Gasteiger partial charge on any atom is 0.256 e. The number of anilines is 2. The number of carbonyl (C=O) groups is 3. The second kappa shape index (κ2) is 20.5. The van der Waals surface area contributed by atoms with Gasteiger partial charge in [0.1, 0.15) is 17.2 Å². The number of nitrogens with one attached hydrogen (secondary N) is 3. The van der Waals surface area contributed by atoms with E-state index in [1.54, 1.807) is 12.1 Å². The van der Waals surface area contributed by atoms with E-state index in [-0.39, 0.29) is 23.4 Å². The number of aldehydes is 1. The first-order chi connectivity index (χ1) is 28.3. The monoisotopic (exact) mass is 785 g/mol. The quantitative estimate of drug-likeness (QED) is 0.0374. The molecule has 0 spiro atoms. The molecular formula is C45H55N9O4. The third-order valence-corrected chi connectivity index (χ3v) is 10.8. The van der Waals surface area contributed by atoms with Gasteiger partial charge in [-0.2, -0.15) is 0 Å². The summed E-state index contributed by atoms with van der Waals surface area (Å²) < 4.78 is 6.23. The lowest BCUT2D eigenvalue weighted by Gasteiger charge is -2.36. The van der Waals surface area contributed by atoms with Gasteiger partial charge >= 0.3 is 0 Å². The molecule has 0 saturated carbocycles. The number of amidine groups is 1. The average molecular weight is 786 g/mol. The zero-order valence-electron chi connectivity index (χ0n) is 33.5. The number of hydrogen-bond acceptors (Lipinski definition) is 10. The Morgan fingerprint density at radius 3 is 2.62 bits per heavy atom. The van der Waals surface area contributed by atoms with Crippen molar-refractivity contribution in [3.05, 3.63) is 114 Å². The SMILES string of the molecule is C=CCNC(=O)/C(=C/N=C)C(=Nc1ccc2c(n1)CCC2)Nc1ccc(N2CCN(CCCCOc3cccc(C=O)c3CN(C)C3CCC(=C)NC3=O)CC2)cc1. The van der Waals surface area contributed by atoms with Crippen LogP contribution in [-0.2, 0) is 29.0 Å². The van der Waals surface area contributed by atoms with E-state index in [0.717, 1.165) is 106 Å². The average Bonchev–Trinajstić information content (AvgIpc) is 3.71. The molecule has 1 aliphatic carbocycles. The molecule has 0 radical (unpaired) electrons. The van der Waals surface area contributed by atoms with Gasteiger partial charge in [0.2, 0.25) is 5.91 Å². The van der Waals surface area contributed by atoms with Gasteiger partial charge in [0.25, 0.3) is 5.91 Å². The number of unbranched alkanes of at least 4 members (excludes halogenated alkanes) is 1. The first kappa shape index (κ1) is 41.7. The molecule has 0 bridgehead atoms. The summed E-state index contributed by atoms with van der Waals surface area (Å²) in [4.78, 5) is 58.0. The first-order valence-corrected chi connectivity index (χ1v) is 20.1. The number of rotatable bonds is 18. The Hall–Kier alpha value is -5.92. The number of benzene rings is 2. The summed E-state index contributed by atoms with van der Waals surface area (Å²) in [6.07, 6.45) is 10.2. The Kier molecular flexibility index (Phi) is 14.7.